The molecule has 1 fully saturated rings. The molecule has 1 aromatic heterocycles. The molecule has 0 radical (unpaired) electrons. The summed E-state index contributed by atoms with van der Waals surface area (Å²) in [6, 6.07) is 3.34. The Labute approximate surface area is 87.6 Å². The van der Waals surface area contributed by atoms with Crippen molar-refractivity contribution in [1.29, 1.82) is 0 Å². The largest absolute Gasteiger partial charge is 0.493 e. The zero-order chi connectivity index (χ0) is 10.8. The van der Waals surface area contributed by atoms with E-state index >= 15 is 0 Å². The Bertz CT molecular complexity index is 374. The molecular formula is C11H13NO3. The highest BCUT2D eigenvalue weighted by atomic mass is 16.4. The predicted molar refractivity (Wildman–Crippen MR) is 53.6 cm³/mol. The lowest BCUT2D eigenvalue weighted by atomic mass is 9.92. The van der Waals surface area contributed by atoms with Crippen LogP contribution in [0, 0.1) is 5.92 Å². The molecule has 0 spiro atoms. The van der Waals surface area contributed by atoms with Gasteiger partial charge in [0.2, 0.25) is 5.88 Å². The fourth-order valence-corrected chi connectivity index (χ4v) is 1.91. The lowest BCUT2D eigenvalue weighted by molar-refractivity contribution is -0.137. The number of carbonyl (C=O) groups is 1. The van der Waals surface area contributed by atoms with E-state index in [1.807, 2.05) is 0 Å². The van der Waals surface area contributed by atoms with Gasteiger partial charge in [-0.3, -0.25) is 4.79 Å². The van der Waals surface area contributed by atoms with E-state index in [9.17, 15) is 9.90 Å². The second kappa shape index (κ2) is 3.88. The molecule has 4 nitrogen and oxygen atoms in total. The number of carboxylic acids is 1. The van der Waals surface area contributed by atoms with Gasteiger partial charge in [-0.05, 0) is 36.3 Å². The maximum atomic E-state index is 10.7. The number of carboxylic acid groups (broad SMARTS) is 1. The molecule has 0 amide bonds. The number of pyridine rings is 1. The van der Waals surface area contributed by atoms with Crippen LogP contribution in [0.2, 0.25) is 0 Å². The summed E-state index contributed by atoms with van der Waals surface area (Å²) >= 11 is 0. The van der Waals surface area contributed by atoms with Crippen molar-refractivity contribution in [3.63, 3.8) is 0 Å². The highest BCUT2D eigenvalue weighted by Gasteiger charge is 2.33. The molecule has 1 aromatic rings. The van der Waals surface area contributed by atoms with Gasteiger partial charge in [-0.25, -0.2) is 4.98 Å². The van der Waals surface area contributed by atoms with Gasteiger partial charge in [0.05, 0.1) is 6.42 Å². The van der Waals surface area contributed by atoms with Crippen molar-refractivity contribution in [2.75, 3.05) is 0 Å². The number of aromatic hydroxyl groups is 1. The normalized spacial score (nSPS) is 17.3. The monoisotopic (exact) mass is 207 g/mol. The summed E-state index contributed by atoms with van der Waals surface area (Å²) in [5.74, 6) is -0.342. The first kappa shape index (κ1) is 9.96. The first-order valence-electron chi connectivity index (χ1n) is 5.03. The Hall–Kier alpha value is -1.58. The third kappa shape index (κ3) is 2.46. The van der Waals surface area contributed by atoms with Crippen LogP contribution >= 0.6 is 0 Å². The standard InChI is InChI=1S/C11H13NO3/c13-10-5-8(3-4-12-10)9(6-11(14)15)7-1-2-7/h3-5,7,9H,1-2,6H2,(H,12,13)(H,14,15). The van der Waals surface area contributed by atoms with Crippen molar-refractivity contribution in [2.24, 2.45) is 5.92 Å². The van der Waals surface area contributed by atoms with Crippen molar-refractivity contribution >= 4 is 5.97 Å². The van der Waals surface area contributed by atoms with Gasteiger partial charge in [0, 0.05) is 12.3 Å². The van der Waals surface area contributed by atoms with Crippen LogP contribution in [0.5, 0.6) is 5.88 Å². The third-order valence-corrected chi connectivity index (χ3v) is 2.78. The van der Waals surface area contributed by atoms with Crippen molar-refractivity contribution < 1.29 is 15.0 Å². The molecular weight excluding hydrogens is 194 g/mol. The van der Waals surface area contributed by atoms with Gasteiger partial charge in [-0.2, -0.15) is 0 Å². The SMILES string of the molecule is O=C(O)CC(c1ccnc(O)c1)C1CC1. The molecule has 0 aliphatic heterocycles. The molecule has 2 rings (SSSR count). The quantitative estimate of drug-likeness (QED) is 0.789. The van der Waals surface area contributed by atoms with Crippen molar-refractivity contribution in [3.8, 4) is 5.88 Å². The molecule has 1 saturated carbocycles. The average molecular weight is 207 g/mol. The van der Waals surface area contributed by atoms with Crippen molar-refractivity contribution in [3.05, 3.63) is 23.9 Å². The van der Waals surface area contributed by atoms with Crippen LogP contribution in [0.25, 0.3) is 0 Å². The molecule has 0 saturated heterocycles. The van der Waals surface area contributed by atoms with Crippen molar-refractivity contribution in [2.45, 2.75) is 25.2 Å². The Kier molecular flexibility index (Phi) is 2.58. The van der Waals surface area contributed by atoms with E-state index in [0.717, 1.165) is 18.4 Å². The van der Waals surface area contributed by atoms with Gasteiger partial charge in [-0.1, -0.05) is 0 Å². The predicted octanol–water partition coefficient (Wildman–Crippen LogP) is 1.76. The van der Waals surface area contributed by atoms with Crippen LogP contribution in [-0.4, -0.2) is 21.2 Å². The number of hydrogen-bond donors (Lipinski definition) is 2. The van der Waals surface area contributed by atoms with E-state index in [1.54, 1.807) is 12.1 Å². The van der Waals surface area contributed by atoms with Gasteiger partial charge < -0.3 is 10.2 Å². The zero-order valence-electron chi connectivity index (χ0n) is 8.26. The van der Waals surface area contributed by atoms with E-state index in [0.29, 0.717) is 5.92 Å². The molecule has 80 valence electrons. The maximum Gasteiger partial charge on any atom is 0.303 e. The summed E-state index contributed by atoms with van der Waals surface area (Å²) in [5.41, 5.74) is 0.882. The Morgan fingerprint density at radius 3 is 2.87 bits per heavy atom. The van der Waals surface area contributed by atoms with Gasteiger partial charge >= 0.3 is 5.97 Å². The molecule has 2 N–H and O–H groups in total. The summed E-state index contributed by atoms with van der Waals surface area (Å²) in [4.78, 5) is 14.4. The van der Waals surface area contributed by atoms with Crippen LogP contribution in [0.15, 0.2) is 18.3 Å². The number of nitrogens with zero attached hydrogens (tertiary/aromatic N) is 1. The van der Waals surface area contributed by atoms with Crippen molar-refractivity contribution in [1.82, 2.24) is 4.98 Å². The van der Waals surface area contributed by atoms with Crippen LogP contribution in [0.1, 0.15) is 30.7 Å². The van der Waals surface area contributed by atoms with Gasteiger partial charge in [-0.15, -0.1) is 0 Å². The highest BCUT2D eigenvalue weighted by Crippen LogP contribution is 2.44. The second-order valence-electron chi connectivity index (χ2n) is 3.99. The average Bonchev–Trinajstić information content (AvgIpc) is 2.97. The van der Waals surface area contributed by atoms with Gasteiger partial charge in [0.25, 0.3) is 0 Å². The van der Waals surface area contributed by atoms with Crippen LogP contribution in [-0.2, 0) is 4.79 Å². The summed E-state index contributed by atoms with van der Waals surface area (Å²) < 4.78 is 0. The van der Waals surface area contributed by atoms with Gasteiger partial charge in [0.15, 0.2) is 0 Å². The van der Waals surface area contributed by atoms with E-state index in [2.05, 4.69) is 4.98 Å². The molecule has 15 heavy (non-hydrogen) atoms. The molecule has 1 aliphatic carbocycles. The van der Waals surface area contributed by atoms with Crippen LogP contribution in [0.4, 0.5) is 0 Å². The number of aliphatic carboxylic acids is 1. The first-order chi connectivity index (χ1) is 7.16. The maximum absolute atomic E-state index is 10.7. The minimum Gasteiger partial charge on any atom is -0.493 e. The molecule has 0 aromatic carbocycles. The fourth-order valence-electron chi connectivity index (χ4n) is 1.91. The highest BCUT2D eigenvalue weighted by molar-refractivity contribution is 5.68. The van der Waals surface area contributed by atoms with E-state index in [4.69, 9.17) is 5.11 Å². The van der Waals surface area contributed by atoms with E-state index < -0.39 is 5.97 Å². The smallest absolute Gasteiger partial charge is 0.303 e. The Balaban J connectivity index is 2.19. The zero-order valence-corrected chi connectivity index (χ0v) is 8.26. The van der Waals surface area contributed by atoms with E-state index in [-0.39, 0.29) is 18.2 Å². The molecule has 1 atom stereocenters. The van der Waals surface area contributed by atoms with E-state index in [1.165, 1.54) is 6.20 Å². The van der Waals surface area contributed by atoms with Crippen LogP contribution < -0.4 is 0 Å². The number of rotatable bonds is 4. The third-order valence-electron chi connectivity index (χ3n) is 2.78. The molecule has 0 bridgehead atoms. The lowest BCUT2D eigenvalue weighted by Gasteiger charge is -2.13. The summed E-state index contributed by atoms with van der Waals surface area (Å²) in [5, 5.41) is 18.1. The number of aromatic nitrogens is 1. The minimum atomic E-state index is -0.789. The molecule has 1 unspecified atom stereocenters. The second-order valence-corrected chi connectivity index (χ2v) is 3.99. The van der Waals surface area contributed by atoms with Crippen LogP contribution in [0.3, 0.4) is 0 Å². The Morgan fingerprint density at radius 1 is 1.60 bits per heavy atom. The first-order valence-corrected chi connectivity index (χ1v) is 5.03. The molecule has 4 heteroatoms. The summed E-state index contributed by atoms with van der Waals surface area (Å²) in [7, 11) is 0. The minimum absolute atomic E-state index is 0.0244. The summed E-state index contributed by atoms with van der Waals surface area (Å²) in [6.07, 6.45) is 3.82. The summed E-state index contributed by atoms with van der Waals surface area (Å²) in [6.45, 7) is 0. The molecule has 1 aliphatic rings. The van der Waals surface area contributed by atoms with Gasteiger partial charge in [0.1, 0.15) is 0 Å². The number of hydrogen-bond acceptors (Lipinski definition) is 3. The topological polar surface area (TPSA) is 70.4 Å². The lowest BCUT2D eigenvalue weighted by Crippen LogP contribution is -2.08. The fraction of sp³-hybridized carbons (Fsp3) is 0.455. The Morgan fingerprint density at radius 2 is 2.33 bits per heavy atom. The molecule has 1 heterocycles.